The van der Waals surface area contributed by atoms with E-state index in [0.717, 1.165) is 0 Å². The molecule has 2 rings (SSSR count). The van der Waals surface area contributed by atoms with Gasteiger partial charge in [-0.15, -0.1) is 10.2 Å². The maximum atomic E-state index is 12.0. The van der Waals surface area contributed by atoms with Gasteiger partial charge >= 0.3 is 5.97 Å². The average molecular weight is 314 g/mol. The fourth-order valence-electron chi connectivity index (χ4n) is 1.92. The van der Waals surface area contributed by atoms with Gasteiger partial charge in [-0.1, -0.05) is 32.0 Å². The van der Waals surface area contributed by atoms with E-state index >= 15 is 0 Å². The molecule has 1 aromatic heterocycles. The number of aromatic nitrogens is 2. The summed E-state index contributed by atoms with van der Waals surface area (Å²) in [7, 11) is 0. The Morgan fingerprint density at radius 3 is 2.26 bits per heavy atom. The van der Waals surface area contributed by atoms with Crippen LogP contribution in [0.2, 0.25) is 0 Å². The summed E-state index contributed by atoms with van der Waals surface area (Å²) in [5.41, 5.74) is 0.808. The Bertz CT molecular complexity index is 671. The van der Waals surface area contributed by atoms with Gasteiger partial charge in [0.1, 0.15) is 11.9 Å². The molecule has 0 bridgehead atoms. The van der Waals surface area contributed by atoms with Gasteiger partial charge in [0.25, 0.3) is 5.91 Å². The molecule has 23 heavy (non-hydrogen) atoms. The standard InChI is InChI=1S/C16H18N4O3/c1-10(2)14(16(22)23)18-13-9-8-12(19-20-13)15(21)17-11-6-4-3-5-7-11/h3-10,14H,1-2H3,(H,17,21)(H,18,20)(H,22,23)/t14-/m0/s1. The van der Waals surface area contributed by atoms with Crippen LogP contribution in [0.15, 0.2) is 42.5 Å². The minimum atomic E-state index is -0.965. The Morgan fingerprint density at radius 2 is 1.74 bits per heavy atom. The van der Waals surface area contributed by atoms with Crippen LogP contribution in [0.3, 0.4) is 0 Å². The van der Waals surface area contributed by atoms with E-state index in [0.29, 0.717) is 11.5 Å². The number of carboxylic acids is 1. The lowest BCUT2D eigenvalue weighted by Gasteiger charge is -2.17. The highest BCUT2D eigenvalue weighted by Crippen LogP contribution is 2.11. The maximum absolute atomic E-state index is 12.0. The van der Waals surface area contributed by atoms with Crippen molar-refractivity contribution in [3.05, 3.63) is 48.2 Å². The molecule has 0 spiro atoms. The maximum Gasteiger partial charge on any atom is 0.326 e. The molecule has 0 saturated heterocycles. The Labute approximate surface area is 133 Å². The molecule has 0 aliphatic heterocycles. The van der Waals surface area contributed by atoms with E-state index in [2.05, 4.69) is 20.8 Å². The Kier molecular flexibility index (Phi) is 5.24. The first-order chi connectivity index (χ1) is 11.0. The van der Waals surface area contributed by atoms with E-state index < -0.39 is 12.0 Å². The number of rotatable bonds is 6. The Morgan fingerprint density at radius 1 is 1.04 bits per heavy atom. The molecule has 0 unspecified atom stereocenters. The van der Waals surface area contributed by atoms with Crippen LogP contribution >= 0.6 is 0 Å². The van der Waals surface area contributed by atoms with Crippen LogP contribution in [0.1, 0.15) is 24.3 Å². The van der Waals surface area contributed by atoms with Gasteiger partial charge in [0.2, 0.25) is 0 Å². The normalized spacial score (nSPS) is 11.8. The van der Waals surface area contributed by atoms with E-state index in [-0.39, 0.29) is 17.5 Å². The van der Waals surface area contributed by atoms with Gasteiger partial charge in [-0.2, -0.15) is 0 Å². The Hall–Kier alpha value is -2.96. The van der Waals surface area contributed by atoms with Crippen molar-refractivity contribution in [2.75, 3.05) is 10.6 Å². The zero-order valence-electron chi connectivity index (χ0n) is 12.9. The molecule has 1 heterocycles. The summed E-state index contributed by atoms with van der Waals surface area (Å²) in [6.07, 6.45) is 0. The fraction of sp³-hybridized carbons (Fsp3) is 0.250. The second kappa shape index (κ2) is 7.35. The SMILES string of the molecule is CC(C)[C@H](Nc1ccc(C(=O)Nc2ccccc2)nn1)C(=O)O. The van der Waals surface area contributed by atoms with Crippen LogP contribution in [0, 0.1) is 5.92 Å². The molecule has 0 radical (unpaired) electrons. The van der Waals surface area contributed by atoms with Crippen LogP contribution < -0.4 is 10.6 Å². The van der Waals surface area contributed by atoms with Crippen molar-refractivity contribution >= 4 is 23.4 Å². The fourth-order valence-corrected chi connectivity index (χ4v) is 1.92. The highest BCUT2D eigenvalue weighted by molar-refractivity contribution is 6.02. The summed E-state index contributed by atoms with van der Waals surface area (Å²) in [5, 5.41) is 22.3. The van der Waals surface area contributed by atoms with Crippen molar-refractivity contribution in [2.24, 2.45) is 5.92 Å². The number of hydrogen-bond acceptors (Lipinski definition) is 5. The van der Waals surface area contributed by atoms with Crippen molar-refractivity contribution in [2.45, 2.75) is 19.9 Å². The summed E-state index contributed by atoms with van der Waals surface area (Å²) in [6, 6.07) is 11.3. The molecule has 0 fully saturated rings. The monoisotopic (exact) mass is 314 g/mol. The first-order valence-corrected chi connectivity index (χ1v) is 7.17. The third-order valence-corrected chi connectivity index (χ3v) is 3.16. The molecule has 1 aromatic carbocycles. The van der Waals surface area contributed by atoms with E-state index in [1.54, 1.807) is 26.0 Å². The lowest BCUT2D eigenvalue weighted by Crippen LogP contribution is -2.34. The third kappa shape index (κ3) is 4.50. The third-order valence-electron chi connectivity index (χ3n) is 3.16. The minimum Gasteiger partial charge on any atom is -0.480 e. The van der Waals surface area contributed by atoms with Crippen molar-refractivity contribution < 1.29 is 14.7 Å². The van der Waals surface area contributed by atoms with Gasteiger partial charge in [-0.05, 0) is 30.2 Å². The van der Waals surface area contributed by atoms with E-state index in [1.807, 2.05) is 18.2 Å². The molecule has 7 heteroatoms. The largest absolute Gasteiger partial charge is 0.480 e. The topological polar surface area (TPSA) is 104 Å². The zero-order chi connectivity index (χ0) is 16.8. The molecule has 3 N–H and O–H groups in total. The lowest BCUT2D eigenvalue weighted by atomic mass is 10.1. The summed E-state index contributed by atoms with van der Waals surface area (Å²) in [4.78, 5) is 23.2. The van der Waals surface area contributed by atoms with Crippen molar-refractivity contribution in [1.82, 2.24) is 10.2 Å². The minimum absolute atomic E-state index is 0.115. The molecule has 0 aliphatic carbocycles. The highest BCUT2D eigenvalue weighted by atomic mass is 16.4. The molecule has 1 atom stereocenters. The van der Waals surface area contributed by atoms with Gasteiger partial charge < -0.3 is 15.7 Å². The number of aliphatic carboxylic acids is 1. The van der Waals surface area contributed by atoms with Crippen molar-refractivity contribution in [1.29, 1.82) is 0 Å². The number of nitrogens with zero attached hydrogens (tertiary/aromatic N) is 2. The van der Waals surface area contributed by atoms with Gasteiger partial charge in [0.05, 0.1) is 0 Å². The number of carboxylic acid groups (broad SMARTS) is 1. The van der Waals surface area contributed by atoms with Crippen LogP contribution in [0.4, 0.5) is 11.5 Å². The van der Waals surface area contributed by atoms with Gasteiger partial charge in [-0.25, -0.2) is 4.79 Å². The molecule has 0 saturated carbocycles. The molecular weight excluding hydrogens is 296 g/mol. The molecule has 7 nitrogen and oxygen atoms in total. The van der Waals surface area contributed by atoms with Gasteiger partial charge in [0, 0.05) is 5.69 Å². The summed E-state index contributed by atoms with van der Waals surface area (Å²) >= 11 is 0. The number of nitrogens with one attached hydrogen (secondary N) is 2. The number of para-hydroxylation sites is 1. The number of amides is 1. The Balaban J connectivity index is 2.04. The quantitative estimate of drug-likeness (QED) is 0.755. The summed E-state index contributed by atoms with van der Waals surface area (Å²) < 4.78 is 0. The molecule has 120 valence electrons. The average Bonchev–Trinajstić information content (AvgIpc) is 2.53. The first-order valence-electron chi connectivity index (χ1n) is 7.17. The summed E-state index contributed by atoms with van der Waals surface area (Å²) in [5.74, 6) is -1.15. The number of carbonyl (C=O) groups excluding carboxylic acids is 1. The zero-order valence-corrected chi connectivity index (χ0v) is 12.9. The van der Waals surface area contributed by atoms with Gasteiger partial charge in [-0.3, -0.25) is 4.79 Å². The smallest absolute Gasteiger partial charge is 0.326 e. The second-order valence-electron chi connectivity index (χ2n) is 5.33. The number of benzene rings is 1. The van der Waals surface area contributed by atoms with Crippen LogP contribution in [-0.2, 0) is 4.79 Å². The van der Waals surface area contributed by atoms with Crippen LogP contribution in [-0.4, -0.2) is 33.2 Å². The predicted molar refractivity (Wildman–Crippen MR) is 86.3 cm³/mol. The second-order valence-corrected chi connectivity index (χ2v) is 5.33. The number of carbonyl (C=O) groups is 2. The first kappa shape index (κ1) is 16.4. The van der Waals surface area contributed by atoms with Gasteiger partial charge in [0.15, 0.2) is 5.69 Å². The number of anilines is 2. The molecular formula is C16H18N4O3. The van der Waals surface area contributed by atoms with E-state index in [4.69, 9.17) is 5.11 Å². The molecule has 0 aliphatic rings. The predicted octanol–water partition coefficient (Wildman–Crippen LogP) is 2.25. The van der Waals surface area contributed by atoms with Crippen molar-refractivity contribution in [3.63, 3.8) is 0 Å². The van der Waals surface area contributed by atoms with Crippen LogP contribution in [0.25, 0.3) is 0 Å². The van der Waals surface area contributed by atoms with Crippen molar-refractivity contribution in [3.8, 4) is 0 Å². The van der Waals surface area contributed by atoms with E-state index in [9.17, 15) is 9.59 Å². The highest BCUT2D eigenvalue weighted by Gasteiger charge is 2.21. The molecule has 1 amide bonds. The number of hydrogen-bond donors (Lipinski definition) is 3. The van der Waals surface area contributed by atoms with Crippen LogP contribution in [0.5, 0.6) is 0 Å². The molecule has 2 aromatic rings. The lowest BCUT2D eigenvalue weighted by molar-refractivity contribution is -0.138. The summed E-state index contributed by atoms with van der Waals surface area (Å²) in [6.45, 7) is 3.59. The van der Waals surface area contributed by atoms with E-state index in [1.165, 1.54) is 12.1 Å².